The molecule has 0 spiro atoms. The smallest absolute Gasteiger partial charge is 0.219 e. The summed E-state index contributed by atoms with van der Waals surface area (Å²) in [5.41, 5.74) is 4.13. The highest BCUT2D eigenvalue weighted by molar-refractivity contribution is 5.73. The Labute approximate surface area is 660 Å². The third kappa shape index (κ3) is 50.8. The van der Waals surface area contributed by atoms with Crippen LogP contribution in [0.1, 0.15) is 386 Å². The highest BCUT2D eigenvalue weighted by Gasteiger charge is 2.35. The molecule has 9 nitrogen and oxygen atoms in total. The Balaban J connectivity index is 0.000000313. The number of rotatable bonds is 12. The molecule has 105 heavy (non-hydrogen) atoms. The fraction of sp³-hybridized carbons (Fsp3) is 0.990. The molecule has 10 aliphatic rings. The molecule has 10 fully saturated rings. The van der Waals surface area contributed by atoms with Crippen LogP contribution in [0.15, 0.2) is 0 Å². The predicted molar refractivity (Wildman–Crippen MR) is 467 cm³/mol. The third-order valence-corrected chi connectivity index (χ3v) is 25.1. The summed E-state index contributed by atoms with van der Waals surface area (Å²) in [4.78, 5) is 28.7. The first kappa shape index (κ1) is 98.4. The molecule has 1 N–H and O–H groups in total. The van der Waals surface area contributed by atoms with E-state index in [1.54, 1.807) is 6.92 Å². The molecule has 8 saturated heterocycles. The summed E-state index contributed by atoms with van der Waals surface area (Å²) in [7, 11) is 4.45. The van der Waals surface area contributed by atoms with Gasteiger partial charge in [0.2, 0.25) is 5.91 Å². The second-order valence-electron chi connectivity index (χ2n) is 46.7. The van der Waals surface area contributed by atoms with Crippen LogP contribution in [0.2, 0.25) is 0 Å². The van der Waals surface area contributed by atoms with E-state index >= 15 is 0 Å². The summed E-state index contributed by atoms with van der Waals surface area (Å²) in [6.07, 6.45) is 43.7. The molecule has 0 radical (unpaired) electrons. The maximum atomic E-state index is 11.1. The van der Waals surface area contributed by atoms with Crippen LogP contribution in [-0.4, -0.2) is 184 Å². The minimum Gasteiger partial charge on any atom is -0.343 e. The van der Waals surface area contributed by atoms with E-state index in [9.17, 15) is 4.79 Å². The molecule has 9 heteroatoms. The van der Waals surface area contributed by atoms with Crippen molar-refractivity contribution in [2.75, 3.05) is 125 Å². The first-order valence-corrected chi connectivity index (χ1v) is 45.8. The fourth-order valence-electron chi connectivity index (χ4n) is 19.3. The van der Waals surface area contributed by atoms with Crippen molar-refractivity contribution >= 4 is 5.91 Å². The number of nitrogens with one attached hydrogen (secondary N) is 1. The Hall–Kier alpha value is -0.810. The number of nitrogens with zero attached hydrogens (tertiary/aromatic N) is 7. The summed E-state index contributed by atoms with van der Waals surface area (Å²) < 4.78 is 0. The van der Waals surface area contributed by atoms with E-state index in [0.29, 0.717) is 43.3 Å². The van der Waals surface area contributed by atoms with E-state index in [0.717, 1.165) is 72.6 Å². The van der Waals surface area contributed by atoms with Gasteiger partial charge in [-0.05, 0) is 391 Å². The number of amides is 1. The van der Waals surface area contributed by atoms with Gasteiger partial charge in [0.05, 0.1) is 0 Å². The molecular formula is C96H194N8O. The van der Waals surface area contributed by atoms with Crippen LogP contribution < -0.4 is 5.32 Å². The first-order valence-electron chi connectivity index (χ1n) is 45.8. The van der Waals surface area contributed by atoms with Gasteiger partial charge in [-0.3, -0.25) is 4.79 Å². The molecule has 10 rings (SSSR count). The minimum absolute atomic E-state index is 0.235. The average Bonchev–Trinajstić information content (AvgIpc) is 1.64. The lowest BCUT2D eigenvalue weighted by Crippen LogP contribution is -2.42. The minimum atomic E-state index is 0.235. The van der Waals surface area contributed by atoms with Crippen molar-refractivity contribution < 1.29 is 4.79 Å². The lowest BCUT2D eigenvalue weighted by Gasteiger charge is -2.40. The molecule has 0 aromatic rings. The zero-order chi connectivity index (χ0) is 79.0. The largest absolute Gasteiger partial charge is 0.343 e. The molecule has 0 unspecified atom stereocenters. The van der Waals surface area contributed by atoms with Gasteiger partial charge < -0.3 is 39.6 Å². The van der Waals surface area contributed by atoms with Crippen LogP contribution >= 0.6 is 0 Å². The highest BCUT2D eigenvalue weighted by Crippen LogP contribution is 2.39. The van der Waals surface area contributed by atoms with E-state index in [-0.39, 0.29) is 5.91 Å². The van der Waals surface area contributed by atoms with Crippen LogP contribution in [-0.2, 0) is 4.79 Å². The second-order valence-corrected chi connectivity index (χ2v) is 46.7. The Bertz CT molecular complexity index is 2100. The van der Waals surface area contributed by atoms with Crippen molar-refractivity contribution in [3.63, 3.8) is 0 Å². The Morgan fingerprint density at radius 3 is 0.952 bits per heavy atom. The second kappa shape index (κ2) is 47.8. The van der Waals surface area contributed by atoms with Gasteiger partial charge in [-0.25, -0.2) is 0 Å². The number of hydrogen-bond donors (Lipinski definition) is 1. The van der Waals surface area contributed by atoms with Gasteiger partial charge in [0.15, 0.2) is 0 Å². The normalized spacial score (nSPS) is 23.2. The first-order chi connectivity index (χ1) is 48.5. The van der Waals surface area contributed by atoms with Crippen molar-refractivity contribution in [1.29, 1.82) is 0 Å². The molecule has 8 heterocycles. The lowest BCUT2D eigenvalue weighted by molar-refractivity contribution is -0.130. The predicted octanol–water partition coefficient (Wildman–Crippen LogP) is 24.5. The Morgan fingerprint density at radius 2 is 0.648 bits per heavy atom. The summed E-state index contributed by atoms with van der Waals surface area (Å²) in [6, 6.07) is 2.68. The number of carbonyl (C=O) groups is 1. The molecule has 2 aliphatic carbocycles. The van der Waals surface area contributed by atoms with Gasteiger partial charge in [-0.15, -0.1) is 0 Å². The molecule has 2 saturated carbocycles. The van der Waals surface area contributed by atoms with Crippen LogP contribution in [0.25, 0.3) is 0 Å². The van der Waals surface area contributed by atoms with E-state index in [2.05, 4.69) is 229 Å². The molecule has 1 amide bonds. The summed E-state index contributed by atoms with van der Waals surface area (Å²) >= 11 is 0. The summed E-state index contributed by atoms with van der Waals surface area (Å²) in [5, 5.41) is 3.40. The quantitative estimate of drug-likeness (QED) is 0.207. The Kier molecular flexibility index (Phi) is 44.8. The SMILES string of the molecule is CC(=O)N1CCC(CC(C)(C)C)CC1.CC(C)(C)CC1CCN(C2CC2)CC1.CC(C)(C)CC1CCN(C2CCCCC2)CC1.CC(C)(C)CC1CCNCC1.CC(C)(C)CCCN1CCCC1.CC(C)N1CCC(CC(C)(C)C)CC1.CN1CCC(C(C)(C)C)CC1.CN1CCC(CC(C)(C)C)CC1. The van der Waals surface area contributed by atoms with Crippen molar-refractivity contribution in [1.82, 2.24) is 39.6 Å². The number of hydrogen-bond acceptors (Lipinski definition) is 8. The van der Waals surface area contributed by atoms with Crippen LogP contribution in [0.4, 0.5) is 0 Å². The molecule has 0 bridgehead atoms. The third-order valence-electron chi connectivity index (χ3n) is 25.1. The van der Waals surface area contributed by atoms with Crippen molar-refractivity contribution in [2.45, 2.75) is 404 Å². The number of carbonyl (C=O) groups excluding carboxylic acids is 1. The molecular weight excluding hydrogens is 1280 g/mol. The van der Waals surface area contributed by atoms with E-state index in [1.165, 1.54) is 297 Å². The van der Waals surface area contributed by atoms with Crippen molar-refractivity contribution in [2.24, 2.45) is 84.7 Å². The number of likely N-dealkylation sites (tertiary alicyclic amines) is 7. The standard InChI is InChI=1S/C16H31N.C13H25N.C13H27N.C12H23NO.2C11H23N.2C10H21N/c1-16(2,3)13-14-9-11-17(12-10-14)15-7-5-4-6-8-15;1-13(2,3)10-11-6-8-14(9-7-11)12-4-5-12;1-11(2)14-8-6-12(7-9-14)10-13(3,4)5;1-10(14)13-7-5-11(6-8-13)9-12(2,3)4;1-11(2,3)9-10-5-7-12(4)8-6-10;1-11(2,3)7-6-10-12-8-4-5-9-12;1-10(2,3)9-5-7-11(4)8-6-9;1-10(2,3)8-9-4-6-11-7-5-9/h14-15H,4-13H2,1-3H3;11-12H,4-10H2,1-3H3;11-12H,6-10H2,1-5H3;11H,5-9H2,1-4H3;10H,5-9H2,1-4H3;4-10H2,1-3H3;9H,5-8H2,1-4H3;9,11H,4-8H2,1-3H3. The summed E-state index contributed by atoms with van der Waals surface area (Å²) in [6.45, 7) is 84.5. The van der Waals surface area contributed by atoms with E-state index in [1.807, 2.05) is 4.90 Å². The van der Waals surface area contributed by atoms with Gasteiger partial charge >= 0.3 is 0 Å². The van der Waals surface area contributed by atoms with Crippen LogP contribution in [0.5, 0.6) is 0 Å². The molecule has 624 valence electrons. The van der Waals surface area contributed by atoms with Crippen molar-refractivity contribution in [3.8, 4) is 0 Å². The molecule has 0 aromatic carbocycles. The average molecular weight is 1480 g/mol. The van der Waals surface area contributed by atoms with E-state index in [4.69, 9.17) is 0 Å². The maximum Gasteiger partial charge on any atom is 0.219 e. The zero-order valence-corrected chi connectivity index (χ0v) is 77.3. The van der Waals surface area contributed by atoms with E-state index < -0.39 is 0 Å². The van der Waals surface area contributed by atoms with Crippen LogP contribution in [0.3, 0.4) is 0 Å². The van der Waals surface area contributed by atoms with Gasteiger partial charge in [0.25, 0.3) is 0 Å². The Morgan fingerprint density at radius 1 is 0.343 bits per heavy atom. The van der Waals surface area contributed by atoms with Gasteiger partial charge in [-0.2, -0.15) is 0 Å². The van der Waals surface area contributed by atoms with Crippen LogP contribution in [0, 0.1) is 84.7 Å². The van der Waals surface area contributed by atoms with Gasteiger partial charge in [-0.1, -0.05) is 185 Å². The monoisotopic (exact) mass is 1480 g/mol. The van der Waals surface area contributed by atoms with Gasteiger partial charge in [0.1, 0.15) is 0 Å². The lowest BCUT2D eigenvalue weighted by atomic mass is 9.75. The molecule has 0 aromatic heterocycles. The zero-order valence-electron chi connectivity index (χ0n) is 77.3. The van der Waals surface area contributed by atoms with Gasteiger partial charge in [0, 0.05) is 38.1 Å². The number of piperidine rings is 7. The maximum absolute atomic E-state index is 11.1. The van der Waals surface area contributed by atoms with Crippen molar-refractivity contribution in [3.05, 3.63) is 0 Å². The highest BCUT2D eigenvalue weighted by atomic mass is 16.2. The topological polar surface area (TPSA) is 51.8 Å². The summed E-state index contributed by atoms with van der Waals surface area (Å²) in [5.74, 6) is 6.95. The molecule has 0 atom stereocenters. The fourth-order valence-corrected chi connectivity index (χ4v) is 19.3. The molecule has 8 aliphatic heterocycles.